The molecule has 0 aromatic rings. The SMILES string of the molecule is COC(=O)[C@H]1CC[C@H]2[C@@H]3CC[C@H]4[C@H](O)[C@@H](O)CC[C@]4(C)[C@H]3CC[C@]12C. The Morgan fingerprint density at radius 3 is 2.24 bits per heavy atom. The van der Waals surface area contributed by atoms with Crippen molar-refractivity contribution >= 4 is 5.97 Å². The first-order chi connectivity index (χ1) is 11.8. The topological polar surface area (TPSA) is 66.8 Å². The minimum absolute atomic E-state index is 0.0143. The lowest BCUT2D eigenvalue weighted by Crippen LogP contribution is -2.58. The summed E-state index contributed by atoms with van der Waals surface area (Å²) in [6, 6.07) is 0. The summed E-state index contributed by atoms with van der Waals surface area (Å²) >= 11 is 0. The van der Waals surface area contributed by atoms with Crippen LogP contribution < -0.4 is 0 Å². The Morgan fingerprint density at radius 2 is 1.52 bits per heavy atom. The molecule has 0 amide bonds. The maximum Gasteiger partial charge on any atom is 0.309 e. The van der Waals surface area contributed by atoms with Gasteiger partial charge in [-0.25, -0.2) is 0 Å². The second kappa shape index (κ2) is 5.95. The third-order valence-electron chi connectivity index (χ3n) is 9.21. The maximum atomic E-state index is 12.3. The summed E-state index contributed by atoms with van der Waals surface area (Å²) in [5.74, 6) is 2.18. The number of hydrogen-bond donors (Lipinski definition) is 2. The molecule has 9 atom stereocenters. The molecule has 0 radical (unpaired) electrons. The molecule has 4 nitrogen and oxygen atoms in total. The van der Waals surface area contributed by atoms with Gasteiger partial charge in [0.25, 0.3) is 0 Å². The van der Waals surface area contributed by atoms with E-state index in [1.165, 1.54) is 7.11 Å². The highest BCUT2D eigenvalue weighted by atomic mass is 16.5. The summed E-state index contributed by atoms with van der Waals surface area (Å²) < 4.78 is 5.12. The molecular formula is C21H34O4. The number of fused-ring (bicyclic) bond motifs is 5. The zero-order valence-corrected chi connectivity index (χ0v) is 15.9. The van der Waals surface area contributed by atoms with Gasteiger partial charge in [-0.3, -0.25) is 4.79 Å². The quantitative estimate of drug-likeness (QED) is 0.713. The molecule has 4 fully saturated rings. The Morgan fingerprint density at radius 1 is 0.880 bits per heavy atom. The number of aliphatic hydroxyl groups is 2. The Balaban J connectivity index is 1.61. The lowest BCUT2D eigenvalue weighted by molar-refractivity contribution is -0.177. The molecule has 0 heterocycles. The van der Waals surface area contributed by atoms with Gasteiger partial charge < -0.3 is 14.9 Å². The van der Waals surface area contributed by atoms with E-state index in [1.807, 2.05) is 0 Å². The summed E-state index contributed by atoms with van der Waals surface area (Å²) in [7, 11) is 1.52. The average Bonchev–Trinajstić information content (AvgIpc) is 2.95. The first-order valence-corrected chi connectivity index (χ1v) is 10.3. The zero-order chi connectivity index (χ0) is 18.0. The van der Waals surface area contributed by atoms with Gasteiger partial charge in [0.2, 0.25) is 0 Å². The molecule has 0 bridgehead atoms. The highest BCUT2D eigenvalue weighted by Gasteiger charge is 2.62. The van der Waals surface area contributed by atoms with E-state index in [2.05, 4.69) is 13.8 Å². The number of rotatable bonds is 1. The Hall–Kier alpha value is -0.610. The first-order valence-electron chi connectivity index (χ1n) is 10.3. The van der Waals surface area contributed by atoms with Crippen molar-refractivity contribution in [1.29, 1.82) is 0 Å². The predicted molar refractivity (Wildman–Crippen MR) is 94.6 cm³/mol. The number of carbonyl (C=O) groups excluding carboxylic acids is 1. The van der Waals surface area contributed by atoms with Gasteiger partial charge in [0.05, 0.1) is 25.2 Å². The van der Waals surface area contributed by atoms with E-state index in [0.717, 1.165) is 51.4 Å². The molecule has 0 aromatic carbocycles. The fraction of sp³-hybridized carbons (Fsp3) is 0.952. The summed E-state index contributed by atoms with van der Waals surface area (Å²) in [4.78, 5) is 12.3. The van der Waals surface area contributed by atoms with Crippen LogP contribution in [0.1, 0.15) is 65.2 Å². The molecule has 142 valence electrons. The van der Waals surface area contributed by atoms with Crippen molar-refractivity contribution < 1.29 is 19.7 Å². The number of methoxy groups -OCH3 is 1. The third-order valence-corrected chi connectivity index (χ3v) is 9.21. The van der Waals surface area contributed by atoms with Crippen molar-refractivity contribution in [3.8, 4) is 0 Å². The number of aliphatic hydroxyl groups excluding tert-OH is 2. The summed E-state index contributed by atoms with van der Waals surface area (Å²) in [5.41, 5.74) is 0.233. The highest BCUT2D eigenvalue weighted by molar-refractivity contribution is 5.73. The zero-order valence-electron chi connectivity index (χ0n) is 15.9. The van der Waals surface area contributed by atoms with E-state index in [-0.39, 0.29) is 28.6 Å². The van der Waals surface area contributed by atoms with Crippen molar-refractivity contribution in [3.05, 3.63) is 0 Å². The van der Waals surface area contributed by atoms with Gasteiger partial charge in [0.15, 0.2) is 0 Å². The lowest BCUT2D eigenvalue weighted by Gasteiger charge is -2.61. The van der Waals surface area contributed by atoms with Crippen LogP contribution in [0, 0.1) is 40.4 Å². The Bertz CT molecular complexity index is 548. The van der Waals surface area contributed by atoms with Crippen LogP contribution in [0.3, 0.4) is 0 Å². The van der Waals surface area contributed by atoms with Crippen LogP contribution in [0.25, 0.3) is 0 Å². The fourth-order valence-corrected chi connectivity index (χ4v) is 7.84. The van der Waals surface area contributed by atoms with E-state index in [9.17, 15) is 15.0 Å². The van der Waals surface area contributed by atoms with Crippen LogP contribution in [0.4, 0.5) is 0 Å². The van der Waals surface area contributed by atoms with Crippen LogP contribution in [0.15, 0.2) is 0 Å². The molecule has 4 rings (SSSR count). The molecule has 0 aromatic heterocycles. The van der Waals surface area contributed by atoms with E-state index in [1.54, 1.807) is 0 Å². The first kappa shape index (κ1) is 17.8. The molecule has 4 aliphatic carbocycles. The molecular weight excluding hydrogens is 316 g/mol. The van der Waals surface area contributed by atoms with Crippen LogP contribution in [0.5, 0.6) is 0 Å². The normalized spacial score (nSPS) is 55.0. The fourth-order valence-electron chi connectivity index (χ4n) is 7.84. The largest absolute Gasteiger partial charge is 0.469 e. The van der Waals surface area contributed by atoms with Crippen LogP contribution in [-0.4, -0.2) is 35.5 Å². The minimum atomic E-state index is -0.556. The van der Waals surface area contributed by atoms with Crippen LogP contribution in [0.2, 0.25) is 0 Å². The molecule has 25 heavy (non-hydrogen) atoms. The summed E-state index contributed by atoms with van der Waals surface area (Å²) in [5, 5.41) is 20.7. The van der Waals surface area contributed by atoms with E-state index < -0.39 is 12.2 Å². The van der Waals surface area contributed by atoms with Gasteiger partial charge >= 0.3 is 5.97 Å². The van der Waals surface area contributed by atoms with Gasteiger partial charge in [0, 0.05) is 0 Å². The molecule has 4 aliphatic rings. The maximum absolute atomic E-state index is 12.3. The Labute approximate surface area is 151 Å². The molecule has 2 N–H and O–H groups in total. The van der Waals surface area contributed by atoms with Crippen LogP contribution >= 0.6 is 0 Å². The van der Waals surface area contributed by atoms with Crippen molar-refractivity contribution in [2.24, 2.45) is 40.4 Å². The predicted octanol–water partition coefficient (Wildman–Crippen LogP) is 3.15. The third kappa shape index (κ3) is 2.36. The van der Waals surface area contributed by atoms with E-state index >= 15 is 0 Å². The summed E-state index contributed by atoms with van der Waals surface area (Å²) in [6.45, 7) is 4.70. The van der Waals surface area contributed by atoms with E-state index in [0.29, 0.717) is 17.8 Å². The number of ether oxygens (including phenoxy) is 1. The standard InChI is InChI=1S/C21H34O4/c1-20-11-9-17(22)18(23)15(20)5-4-12-13-6-7-16(19(24)25-3)21(13,2)10-8-14(12)20/h12-18,22-23H,4-11H2,1-3H3/t12-,13-,14-,15-,16+,17-,18-,20+,21-/m0/s1. The molecule has 4 heteroatoms. The molecule has 0 aliphatic heterocycles. The van der Waals surface area contributed by atoms with Crippen molar-refractivity contribution in [1.82, 2.24) is 0 Å². The number of esters is 1. The molecule has 0 saturated heterocycles. The van der Waals surface area contributed by atoms with Crippen molar-refractivity contribution in [3.63, 3.8) is 0 Å². The lowest BCUT2D eigenvalue weighted by atomic mass is 9.44. The second-order valence-electron chi connectivity index (χ2n) is 9.86. The molecule has 0 spiro atoms. The van der Waals surface area contributed by atoms with Gasteiger partial charge in [-0.1, -0.05) is 13.8 Å². The average molecular weight is 350 g/mol. The van der Waals surface area contributed by atoms with Crippen LogP contribution in [-0.2, 0) is 9.53 Å². The van der Waals surface area contributed by atoms with E-state index in [4.69, 9.17) is 4.74 Å². The van der Waals surface area contributed by atoms with Gasteiger partial charge in [-0.15, -0.1) is 0 Å². The van der Waals surface area contributed by atoms with Crippen molar-refractivity contribution in [2.75, 3.05) is 7.11 Å². The monoisotopic (exact) mass is 350 g/mol. The van der Waals surface area contributed by atoms with Crippen molar-refractivity contribution in [2.45, 2.75) is 77.4 Å². The smallest absolute Gasteiger partial charge is 0.309 e. The molecule has 4 saturated carbocycles. The minimum Gasteiger partial charge on any atom is -0.469 e. The number of hydrogen-bond acceptors (Lipinski definition) is 4. The second-order valence-corrected chi connectivity index (χ2v) is 9.86. The van der Waals surface area contributed by atoms with Gasteiger partial charge in [0.1, 0.15) is 0 Å². The highest BCUT2D eigenvalue weighted by Crippen LogP contribution is 2.67. The van der Waals surface area contributed by atoms with Gasteiger partial charge in [-0.2, -0.15) is 0 Å². The Kier molecular flexibility index (Phi) is 4.23. The molecule has 0 unspecified atom stereocenters. The van der Waals surface area contributed by atoms with Gasteiger partial charge in [-0.05, 0) is 85.9 Å². The number of carbonyl (C=O) groups is 1. The summed E-state index contributed by atoms with van der Waals surface area (Å²) in [6.07, 6.45) is 7.18.